The molecule has 0 amide bonds. The van der Waals surface area contributed by atoms with Crippen molar-refractivity contribution in [3.63, 3.8) is 0 Å². The average Bonchev–Trinajstić information content (AvgIpc) is 3.13. The second kappa shape index (κ2) is 19.4. The van der Waals surface area contributed by atoms with Crippen molar-refractivity contribution in [3.8, 4) is 0 Å². The second-order valence-corrected chi connectivity index (χ2v) is 13.4. The summed E-state index contributed by atoms with van der Waals surface area (Å²) in [5.41, 5.74) is 0. The van der Waals surface area contributed by atoms with E-state index in [9.17, 15) is 40.9 Å². The highest BCUT2D eigenvalue weighted by Crippen LogP contribution is 2.37. The molecule has 0 spiro atoms. The molecule has 5 saturated heterocycles. The van der Waals surface area contributed by atoms with Gasteiger partial charge < -0.3 is 78.7 Å². The number of hydrogen-bond donors (Lipinski definition) is 8. The number of aliphatic hydroxyl groups excluding tert-OH is 8. The first kappa shape index (κ1) is 42.3. The molecule has 5 fully saturated rings. The predicted molar refractivity (Wildman–Crippen MR) is 167 cm³/mol. The van der Waals surface area contributed by atoms with Crippen molar-refractivity contribution in [1.82, 2.24) is 0 Å². The van der Waals surface area contributed by atoms with Gasteiger partial charge in [0, 0.05) is 25.0 Å². The Labute approximate surface area is 301 Å². The molecule has 5 heterocycles. The van der Waals surface area contributed by atoms with Crippen molar-refractivity contribution in [3.05, 3.63) is 0 Å². The fourth-order valence-electron chi connectivity index (χ4n) is 7.44. The molecule has 0 aromatic heterocycles. The van der Waals surface area contributed by atoms with E-state index in [0.29, 0.717) is 12.8 Å². The second-order valence-electron chi connectivity index (χ2n) is 13.4. The van der Waals surface area contributed by atoms with Crippen LogP contribution in [0.1, 0.15) is 40.5 Å². The van der Waals surface area contributed by atoms with Gasteiger partial charge in [0.2, 0.25) is 0 Å². The van der Waals surface area contributed by atoms with E-state index in [1.807, 2.05) is 0 Å². The lowest BCUT2D eigenvalue weighted by Crippen LogP contribution is -2.65. The molecular formula is C32H56O20. The lowest BCUT2D eigenvalue weighted by atomic mass is 9.87. The molecule has 304 valence electrons. The summed E-state index contributed by atoms with van der Waals surface area (Å²) in [5.74, 6) is -1.34. The van der Waals surface area contributed by atoms with E-state index in [1.165, 1.54) is 0 Å². The van der Waals surface area contributed by atoms with Gasteiger partial charge >= 0.3 is 0 Å². The van der Waals surface area contributed by atoms with Crippen molar-refractivity contribution in [2.75, 3.05) is 39.6 Å². The molecule has 0 aromatic carbocycles. The van der Waals surface area contributed by atoms with Crippen LogP contribution >= 0.6 is 0 Å². The Hall–Kier alpha value is -0.800. The Balaban J connectivity index is 1.50. The van der Waals surface area contributed by atoms with Crippen molar-refractivity contribution in [1.29, 1.82) is 0 Å². The third kappa shape index (κ3) is 8.92. The fraction of sp³-hybridized carbons (Fsp3) is 1.00. The zero-order chi connectivity index (χ0) is 37.7. The highest BCUT2D eigenvalue weighted by Gasteiger charge is 2.55. The maximum atomic E-state index is 11.5. The quantitative estimate of drug-likeness (QED) is 0.112. The normalized spacial score (nSPS) is 49.6. The van der Waals surface area contributed by atoms with Crippen molar-refractivity contribution < 1.29 is 98.3 Å². The molecule has 5 aliphatic heterocycles. The molecule has 4 bridgehead atoms. The zero-order valence-electron chi connectivity index (χ0n) is 29.7. The summed E-state index contributed by atoms with van der Waals surface area (Å²) in [4.78, 5) is 22.5. The maximum absolute atomic E-state index is 11.5. The summed E-state index contributed by atoms with van der Waals surface area (Å²) in [6.45, 7) is 5.03. The highest BCUT2D eigenvalue weighted by atomic mass is 17.2. The zero-order valence-corrected chi connectivity index (χ0v) is 29.7. The van der Waals surface area contributed by atoms with Crippen LogP contribution in [0.15, 0.2) is 0 Å². The van der Waals surface area contributed by atoms with Crippen LogP contribution in [-0.2, 0) is 57.4 Å². The molecule has 8 N–H and O–H groups in total. The topological polar surface area (TPSA) is 273 Å². The van der Waals surface area contributed by atoms with Gasteiger partial charge in [-0.05, 0) is 26.7 Å². The predicted octanol–water partition coefficient (Wildman–Crippen LogP) is -3.42. The summed E-state index contributed by atoms with van der Waals surface area (Å²) in [7, 11) is 0. The van der Waals surface area contributed by atoms with E-state index < -0.39 is 142 Å². The summed E-state index contributed by atoms with van der Waals surface area (Å²) in [5, 5.41) is 87.7. The standard InChI is InChI=1S/C32H56O20/c1-5-13-15(9-33)45-32-27(20(13)36)51-43-11-17-14(6-2)19(35)22(38)30(47-17)49-25-16(10-34)46-31(42-8-4)28(24(25)40)52-44-12-18-26(50-32)21(37)23(39)29(48-18)41-7-3/h13-40H,5-12H2,1-4H3/t13-,14-,15?,16+,17?,18+,19+,20+,21?,22?,23?,24?,25-,26-,27?,28?,29-,30+,31-,32+/m1/s1. The summed E-state index contributed by atoms with van der Waals surface area (Å²) >= 11 is 0. The van der Waals surface area contributed by atoms with Crippen LogP contribution in [-0.4, -0.2) is 191 Å². The van der Waals surface area contributed by atoms with Gasteiger partial charge in [0.05, 0.1) is 37.6 Å². The molecule has 0 aliphatic carbocycles. The molecule has 8 unspecified atom stereocenters. The van der Waals surface area contributed by atoms with E-state index >= 15 is 0 Å². The minimum Gasteiger partial charge on any atom is -0.394 e. The smallest absolute Gasteiger partial charge is 0.190 e. The SMILES string of the molecule is CCO[C@@H]1O[C@H]2COOC3C(O)[C@H](O[C@@H]4OC(COOC5[C@@H](OC(CO)[C@@H](CC)[C@@H]5O)O[C@H]2C(O)C1O)[C@@H](CC)[C@H](O)C4O)[C@H](CO)O[C@H]3OCC. The molecule has 0 aromatic rings. The summed E-state index contributed by atoms with van der Waals surface area (Å²) < 4.78 is 47.2. The Kier molecular flexibility index (Phi) is 15.8. The first-order valence-corrected chi connectivity index (χ1v) is 18.1. The van der Waals surface area contributed by atoms with Crippen molar-refractivity contribution in [2.24, 2.45) is 11.8 Å². The monoisotopic (exact) mass is 760 g/mol. The maximum Gasteiger partial charge on any atom is 0.190 e. The molecule has 0 saturated carbocycles. The van der Waals surface area contributed by atoms with Crippen LogP contribution < -0.4 is 0 Å². The van der Waals surface area contributed by atoms with E-state index in [0.717, 1.165) is 0 Å². The van der Waals surface area contributed by atoms with Gasteiger partial charge in [-0.15, -0.1) is 0 Å². The molecule has 0 radical (unpaired) electrons. The summed E-state index contributed by atoms with van der Waals surface area (Å²) in [6.07, 6.45) is -24.4. The van der Waals surface area contributed by atoms with E-state index in [1.54, 1.807) is 27.7 Å². The van der Waals surface area contributed by atoms with E-state index in [-0.39, 0.29) is 19.8 Å². The number of aliphatic hydroxyl groups is 8. The van der Waals surface area contributed by atoms with Gasteiger partial charge in [-0.2, -0.15) is 0 Å². The molecular weight excluding hydrogens is 704 g/mol. The van der Waals surface area contributed by atoms with Gasteiger partial charge in [-0.1, -0.05) is 13.8 Å². The van der Waals surface area contributed by atoms with Crippen LogP contribution in [0.4, 0.5) is 0 Å². The Morgan fingerprint density at radius 1 is 0.481 bits per heavy atom. The number of rotatable bonds is 8. The first-order chi connectivity index (χ1) is 25.0. The largest absolute Gasteiger partial charge is 0.394 e. The van der Waals surface area contributed by atoms with Gasteiger partial charge in [0.25, 0.3) is 0 Å². The van der Waals surface area contributed by atoms with Crippen LogP contribution in [0.3, 0.4) is 0 Å². The van der Waals surface area contributed by atoms with Crippen LogP contribution in [0.5, 0.6) is 0 Å². The van der Waals surface area contributed by atoms with E-state index in [2.05, 4.69) is 0 Å². The van der Waals surface area contributed by atoms with Crippen LogP contribution in [0.2, 0.25) is 0 Å². The molecule has 20 heteroatoms. The fourth-order valence-corrected chi connectivity index (χ4v) is 7.44. The van der Waals surface area contributed by atoms with Gasteiger partial charge in [-0.25, -0.2) is 19.6 Å². The third-order valence-electron chi connectivity index (χ3n) is 10.3. The first-order valence-electron chi connectivity index (χ1n) is 18.1. The number of fused-ring (bicyclic) bond motifs is 6. The molecule has 5 aliphatic rings. The van der Waals surface area contributed by atoms with Crippen LogP contribution in [0, 0.1) is 11.8 Å². The number of ether oxygens (including phenoxy) is 8. The highest BCUT2D eigenvalue weighted by molar-refractivity contribution is 4.96. The lowest BCUT2D eigenvalue weighted by Gasteiger charge is -2.48. The molecule has 20 atom stereocenters. The molecule has 5 rings (SSSR count). The lowest BCUT2D eigenvalue weighted by molar-refractivity contribution is -0.444. The summed E-state index contributed by atoms with van der Waals surface area (Å²) in [6, 6.07) is 0. The van der Waals surface area contributed by atoms with Gasteiger partial charge in [-0.3, -0.25) is 0 Å². The Morgan fingerprint density at radius 3 is 1.73 bits per heavy atom. The van der Waals surface area contributed by atoms with Crippen LogP contribution in [0.25, 0.3) is 0 Å². The molecule has 20 nitrogen and oxygen atoms in total. The Bertz CT molecular complexity index is 1060. The van der Waals surface area contributed by atoms with Gasteiger partial charge in [0.1, 0.15) is 62.0 Å². The minimum absolute atomic E-state index is 0.101. The van der Waals surface area contributed by atoms with Crippen molar-refractivity contribution >= 4 is 0 Å². The molecule has 52 heavy (non-hydrogen) atoms. The third-order valence-corrected chi connectivity index (χ3v) is 10.3. The van der Waals surface area contributed by atoms with Crippen molar-refractivity contribution in [2.45, 2.75) is 151 Å². The van der Waals surface area contributed by atoms with Gasteiger partial charge in [0.15, 0.2) is 37.4 Å². The minimum atomic E-state index is -1.68. The average molecular weight is 761 g/mol. The Morgan fingerprint density at radius 2 is 1.10 bits per heavy atom. The van der Waals surface area contributed by atoms with E-state index in [4.69, 9.17) is 57.4 Å². The number of hydrogen-bond acceptors (Lipinski definition) is 20.